The largest absolute Gasteiger partial charge is 0.491 e. The molecule has 22 nitrogen and oxygen atoms in total. The minimum atomic E-state index is -1.69. The van der Waals surface area contributed by atoms with Crippen LogP contribution < -0.4 is 19.4 Å². The lowest BCUT2D eigenvalue weighted by molar-refractivity contribution is 0.0303. The van der Waals surface area contributed by atoms with Crippen LogP contribution in [0.1, 0.15) is 299 Å². The molecule has 6 aromatic carbocycles. The Labute approximate surface area is 756 Å². The second-order valence-electron chi connectivity index (χ2n) is 42.5. The maximum Gasteiger partial charge on any atom is 0.420 e. The van der Waals surface area contributed by atoms with Crippen LogP contribution in [0.3, 0.4) is 0 Å². The average molecular weight is 1770 g/mol. The zero-order valence-electron chi connectivity index (χ0n) is 78.1. The van der Waals surface area contributed by atoms with Crippen LogP contribution in [0.4, 0.5) is 49.0 Å². The van der Waals surface area contributed by atoms with Gasteiger partial charge in [-0.15, -0.1) is 0 Å². The molecule has 10 aliphatic rings. The zero-order chi connectivity index (χ0) is 93.1. The molecule has 129 heavy (non-hydrogen) atoms. The molecule has 686 valence electrons. The number of aliphatic hydroxyl groups is 1. The molecular weight excluding hydrogens is 1640 g/mol. The van der Waals surface area contributed by atoms with Gasteiger partial charge in [0.15, 0.2) is 34.5 Å². The molecule has 9 aromatic rings. The van der Waals surface area contributed by atoms with Gasteiger partial charge < -0.3 is 42.5 Å². The van der Waals surface area contributed by atoms with Crippen molar-refractivity contribution in [2.75, 3.05) is 34.3 Å². The molecule has 0 atom stereocenters. The Bertz CT molecular complexity index is 5570. The summed E-state index contributed by atoms with van der Waals surface area (Å²) in [7, 11) is 0. The molecule has 3 aromatic heterocycles. The molecule has 26 heteroatoms. The van der Waals surface area contributed by atoms with Gasteiger partial charge in [-0.25, -0.2) is 45.1 Å². The van der Waals surface area contributed by atoms with Crippen molar-refractivity contribution in [3.63, 3.8) is 0 Å². The molecule has 1 N–H and O–H groups in total. The van der Waals surface area contributed by atoms with E-state index in [-0.39, 0.29) is 68.2 Å². The Balaban J connectivity index is 0.000000156. The quantitative estimate of drug-likeness (QED) is 0.0355. The molecule has 10 aliphatic carbocycles. The van der Waals surface area contributed by atoms with Crippen LogP contribution in [-0.2, 0) is 58.6 Å². The fourth-order valence-corrected chi connectivity index (χ4v) is 19.5. The summed E-state index contributed by atoms with van der Waals surface area (Å²) in [5, 5.41) is 23.0. The fourth-order valence-electron chi connectivity index (χ4n) is 19.5. The number of rotatable bonds is 23. The third-order valence-corrected chi connectivity index (χ3v) is 27.7. The number of amides is 3. The van der Waals surface area contributed by atoms with Gasteiger partial charge >= 0.3 is 24.0 Å². The van der Waals surface area contributed by atoms with E-state index in [9.17, 15) is 32.7 Å². The summed E-state index contributed by atoms with van der Waals surface area (Å²) in [4.78, 5) is 67.0. The Hall–Kier alpha value is -11.0. The van der Waals surface area contributed by atoms with Gasteiger partial charge in [0.05, 0.1) is 31.1 Å². The Morgan fingerprint density at radius 3 is 1.02 bits per heavy atom. The summed E-state index contributed by atoms with van der Waals surface area (Å²) in [5.74, 6) is 2.30. The smallest absolute Gasteiger partial charge is 0.420 e. The SMILES string of the molecule is CC(C)Oc1ccc(-c2cccc(N(CC34CCC(c5noc(C(C)(C)F)n5)(CC3)CC4)C(=O)OC(C)(C)C)c2)cc1.[C-]#[N+]C(C)(C)OC(=O)N(CC12CCC(c3noc(C(C)(C)F)n3)(CC1)CC2)c1cccc(-c2ccc(C(C)(C)O)cc2)c1.[C-]#[N+]C1(c2ccc(-c3cccc(N(CC45CCC(c6noc(C(C)(C)F)n6)(CC4)CC5)C(=O)OC(C)(C)C)c3)cc2F)CC1. The topological polar surface area (TPSA) is 244 Å². The second kappa shape index (κ2) is 35.0. The molecular formula is C103H125F4N11O11. The van der Waals surface area contributed by atoms with Crippen LogP contribution in [0.15, 0.2) is 153 Å². The summed E-state index contributed by atoms with van der Waals surface area (Å²) < 4.78 is 97.8. The van der Waals surface area contributed by atoms with Crippen molar-refractivity contribution >= 4 is 35.3 Å². The third kappa shape index (κ3) is 21.1. The van der Waals surface area contributed by atoms with E-state index in [1.807, 2.05) is 176 Å². The van der Waals surface area contributed by atoms with E-state index in [0.29, 0.717) is 72.5 Å². The van der Waals surface area contributed by atoms with Crippen molar-refractivity contribution in [1.82, 2.24) is 30.4 Å². The highest BCUT2D eigenvalue weighted by atomic mass is 19.2. The highest BCUT2D eigenvalue weighted by Gasteiger charge is 2.58. The van der Waals surface area contributed by atoms with Crippen LogP contribution in [0, 0.1) is 35.2 Å². The molecule has 0 unspecified atom stereocenters. The Kier molecular flexibility index (Phi) is 25.6. The summed E-state index contributed by atoms with van der Waals surface area (Å²) in [6, 6.07) is 44.3. The molecule has 3 heterocycles. The van der Waals surface area contributed by atoms with Crippen LogP contribution in [0.5, 0.6) is 5.75 Å². The van der Waals surface area contributed by atoms with E-state index >= 15 is 4.39 Å². The van der Waals surface area contributed by atoms with Gasteiger partial charge in [-0.2, -0.15) is 15.0 Å². The van der Waals surface area contributed by atoms with Gasteiger partial charge in [-0.3, -0.25) is 19.5 Å². The minimum absolute atomic E-state index is 0.00484. The standard InChI is InChI=1S/C35H40F2N4O3.C34H41FN4O4.C34H44FN3O4/c1-31(2,3)43-30(42)41(22-33-12-15-34(16-13-33,17-14-33)28-39-29(44-40-28)32(4,5)37)25-9-7-8-23(20-25)24-10-11-26(27(36)21-24)35(38-6)18-19-35;1-30(2,35)28-37-27(38-43-28)34-18-15-33(16-19-34,17-20-34)22-39(29(40)42-32(5,6)36-7)26-10-8-9-24(21-26)23-11-13-25(14-12-23)31(3,4)41;1-23(2)40-27-13-11-24(12-14-27)25-9-8-10-26(21-25)38(30(39)41-31(3,4)5)22-33-15-18-34(19-16-33,20-17-33)28-36-29(42-37-28)32(6,7)35/h7-11,20-21H,12-19,22H2,1-5H3;8-14,21,41H,15-20,22H2,1-6H3;8-14,21,23H,15-20,22H2,1-7H3. The van der Waals surface area contributed by atoms with Gasteiger partial charge in [0.1, 0.15) is 22.8 Å². The number of benzene rings is 6. The minimum Gasteiger partial charge on any atom is -0.491 e. The van der Waals surface area contributed by atoms with Crippen molar-refractivity contribution in [2.45, 2.75) is 320 Å². The van der Waals surface area contributed by atoms with Crippen LogP contribution >= 0.6 is 0 Å². The van der Waals surface area contributed by atoms with E-state index in [4.69, 9.17) is 45.7 Å². The summed E-state index contributed by atoms with van der Waals surface area (Å²) in [6.07, 6.45) is 15.7. The average Bonchev–Trinajstić information content (AvgIpc) is 1.71. The highest BCUT2D eigenvalue weighted by Crippen LogP contribution is 2.62. The first-order chi connectivity index (χ1) is 60.4. The fraction of sp³-hybridized carbons (Fsp3) is 0.544. The normalized spacial score (nSPS) is 22.9. The van der Waals surface area contributed by atoms with Crippen molar-refractivity contribution < 1.29 is 69.6 Å². The zero-order valence-corrected chi connectivity index (χ0v) is 78.1. The van der Waals surface area contributed by atoms with Crippen LogP contribution in [0.2, 0.25) is 0 Å². The number of hydrogen-bond donors (Lipinski definition) is 1. The summed E-state index contributed by atoms with van der Waals surface area (Å²) in [5.41, 5.74) is -1.42. The molecule has 0 aliphatic heterocycles. The monoisotopic (exact) mass is 1770 g/mol. The molecule has 10 saturated carbocycles. The molecule has 0 spiro atoms. The predicted octanol–water partition coefficient (Wildman–Crippen LogP) is 25.8. The lowest BCUT2D eigenvalue weighted by Crippen LogP contribution is -2.51. The van der Waals surface area contributed by atoms with E-state index in [1.54, 1.807) is 43.6 Å². The number of carbonyl (C=O) groups is 3. The van der Waals surface area contributed by atoms with Gasteiger partial charge in [-0.1, -0.05) is 94.3 Å². The highest BCUT2D eigenvalue weighted by molar-refractivity contribution is 5.91. The van der Waals surface area contributed by atoms with E-state index in [1.165, 1.54) is 47.6 Å². The first kappa shape index (κ1) is 94.1. The molecule has 6 bridgehead atoms. The number of anilines is 3. The van der Waals surface area contributed by atoms with E-state index < -0.39 is 57.3 Å². The van der Waals surface area contributed by atoms with E-state index in [0.717, 1.165) is 160 Å². The molecule has 10 fully saturated rings. The number of nitrogens with zero attached hydrogens (tertiary/aromatic N) is 11. The number of halogens is 4. The lowest BCUT2D eigenvalue weighted by Gasteiger charge is -2.53. The van der Waals surface area contributed by atoms with Crippen LogP contribution in [-0.4, -0.2) is 96.5 Å². The first-order valence-electron chi connectivity index (χ1n) is 45.5. The number of ether oxygens (including phenoxy) is 4. The Morgan fingerprint density at radius 1 is 0.426 bits per heavy atom. The summed E-state index contributed by atoms with van der Waals surface area (Å²) in [6.45, 7) is 47.0. The maximum absolute atomic E-state index is 15.2. The van der Waals surface area contributed by atoms with Crippen LogP contribution in [0.25, 0.3) is 43.1 Å². The number of aromatic nitrogens is 6. The number of carbonyl (C=O) groups excluding carboxylic acids is 3. The first-order valence-corrected chi connectivity index (χ1v) is 45.5. The van der Waals surface area contributed by atoms with Crippen molar-refractivity contribution in [3.8, 4) is 39.1 Å². The lowest BCUT2D eigenvalue weighted by atomic mass is 9.53. The molecule has 3 amide bonds. The predicted molar refractivity (Wildman–Crippen MR) is 487 cm³/mol. The molecule has 0 radical (unpaired) electrons. The molecule has 0 saturated heterocycles. The van der Waals surface area contributed by atoms with Crippen molar-refractivity contribution in [2.24, 2.45) is 16.2 Å². The van der Waals surface area contributed by atoms with Gasteiger partial charge in [0, 0.05) is 65.8 Å². The summed E-state index contributed by atoms with van der Waals surface area (Å²) >= 11 is 0. The van der Waals surface area contributed by atoms with Crippen molar-refractivity contribution in [3.05, 3.63) is 214 Å². The van der Waals surface area contributed by atoms with Crippen molar-refractivity contribution in [1.29, 1.82) is 0 Å². The van der Waals surface area contributed by atoms with Gasteiger partial charge in [0.2, 0.25) is 0 Å². The van der Waals surface area contributed by atoms with Gasteiger partial charge in [-0.05, 0) is 342 Å². The second-order valence-corrected chi connectivity index (χ2v) is 42.5. The van der Waals surface area contributed by atoms with E-state index in [2.05, 4.69) is 52.2 Å². The van der Waals surface area contributed by atoms with Gasteiger partial charge in [0.25, 0.3) is 23.2 Å². The number of alkyl halides is 3. The maximum atomic E-state index is 15.2. The number of fused-ring (bicyclic) bond motifs is 9. The number of hydrogen-bond acceptors (Lipinski definition) is 17. The third-order valence-electron chi connectivity index (χ3n) is 27.7. The molecule has 19 rings (SSSR count). The Morgan fingerprint density at radius 2 is 0.736 bits per heavy atom.